The van der Waals surface area contributed by atoms with Crippen molar-refractivity contribution in [1.29, 1.82) is 0 Å². The molecule has 0 N–H and O–H groups in total. The molecule has 0 spiro atoms. The zero-order valence-electron chi connectivity index (χ0n) is 25.3. The number of nitrogens with zero attached hydrogens (tertiary/aromatic N) is 1. The summed E-state index contributed by atoms with van der Waals surface area (Å²) in [7, 11) is 0. The Balaban J connectivity index is 1.24. The third kappa shape index (κ3) is 5.38. The molecule has 0 aliphatic carbocycles. The van der Waals surface area contributed by atoms with Crippen LogP contribution < -0.4 is 4.90 Å². The highest BCUT2D eigenvalue weighted by molar-refractivity contribution is 5.90. The lowest BCUT2D eigenvalue weighted by atomic mass is 9.98. The second kappa shape index (κ2) is 12.1. The molecule has 1 aromatic heterocycles. The molecule has 218 valence electrons. The monoisotopic (exact) mass is 589 g/mol. The number of hydrogen-bond donors (Lipinski definition) is 0. The van der Waals surface area contributed by atoms with Gasteiger partial charge in [0.25, 0.3) is 0 Å². The normalized spacial score (nSPS) is 11.0. The zero-order valence-corrected chi connectivity index (χ0v) is 25.3. The van der Waals surface area contributed by atoms with Gasteiger partial charge < -0.3 is 9.32 Å². The van der Waals surface area contributed by atoms with Gasteiger partial charge >= 0.3 is 0 Å². The number of fused-ring (bicyclic) bond motifs is 1. The molecule has 0 bridgehead atoms. The van der Waals surface area contributed by atoms with Crippen LogP contribution in [0, 0.1) is 0 Å². The van der Waals surface area contributed by atoms with Crippen LogP contribution in [0.2, 0.25) is 0 Å². The highest BCUT2D eigenvalue weighted by Crippen LogP contribution is 2.42. The van der Waals surface area contributed by atoms with Gasteiger partial charge in [0.15, 0.2) is 0 Å². The van der Waals surface area contributed by atoms with E-state index in [0.717, 1.165) is 44.9 Å². The van der Waals surface area contributed by atoms with Gasteiger partial charge in [-0.1, -0.05) is 140 Å². The minimum atomic E-state index is 0.855. The molecule has 0 unspecified atom stereocenters. The molecule has 0 radical (unpaired) electrons. The quantitative estimate of drug-likeness (QED) is 0.184. The predicted octanol–water partition coefficient (Wildman–Crippen LogP) is 12.6. The Morgan fingerprint density at radius 1 is 0.348 bits per heavy atom. The van der Waals surface area contributed by atoms with Crippen LogP contribution in [0.4, 0.5) is 17.1 Å². The number of para-hydroxylation sites is 2. The maximum absolute atomic E-state index is 6.28. The number of furan rings is 1. The minimum Gasteiger partial charge on any atom is -0.456 e. The summed E-state index contributed by atoms with van der Waals surface area (Å²) in [5.41, 5.74) is 12.3. The average molecular weight is 590 g/mol. The third-order valence-corrected chi connectivity index (χ3v) is 8.47. The van der Waals surface area contributed by atoms with Crippen LogP contribution in [0.3, 0.4) is 0 Å². The molecule has 0 fully saturated rings. The highest BCUT2D eigenvalue weighted by atomic mass is 16.3. The number of benzene rings is 7. The number of rotatable bonds is 7. The van der Waals surface area contributed by atoms with Gasteiger partial charge in [-0.3, -0.25) is 0 Å². The molecule has 8 rings (SSSR count). The third-order valence-electron chi connectivity index (χ3n) is 8.47. The van der Waals surface area contributed by atoms with Crippen LogP contribution in [0.25, 0.3) is 55.7 Å². The zero-order chi connectivity index (χ0) is 30.7. The fourth-order valence-electron chi connectivity index (χ4n) is 6.19. The van der Waals surface area contributed by atoms with Crippen LogP contribution in [0.5, 0.6) is 0 Å². The highest BCUT2D eigenvalue weighted by Gasteiger charge is 2.18. The summed E-state index contributed by atoms with van der Waals surface area (Å²) < 4.78 is 6.28. The number of hydrogen-bond acceptors (Lipinski definition) is 2. The first-order chi connectivity index (χ1) is 22.8. The van der Waals surface area contributed by atoms with E-state index in [1.54, 1.807) is 0 Å². The molecule has 0 saturated carbocycles. The second-order valence-electron chi connectivity index (χ2n) is 11.4. The first kappa shape index (κ1) is 27.4. The minimum absolute atomic E-state index is 0.855. The summed E-state index contributed by atoms with van der Waals surface area (Å²) in [5.74, 6) is 0.855. The van der Waals surface area contributed by atoms with E-state index in [-0.39, 0.29) is 0 Å². The Morgan fingerprint density at radius 3 is 1.70 bits per heavy atom. The molecule has 0 amide bonds. The molecule has 2 nitrogen and oxygen atoms in total. The lowest BCUT2D eigenvalue weighted by Gasteiger charge is -2.28. The summed E-state index contributed by atoms with van der Waals surface area (Å²) in [6.45, 7) is 0. The van der Waals surface area contributed by atoms with Crippen molar-refractivity contribution in [2.24, 2.45) is 0 Å². The number of anilines is 3. The Kier molecular flexibility index (Phi) is 7.22. The Hall–Kier alpha value is -6.12. The van der Waals surface area contributed by atoms with Crippen molar-refractivity contribution in [1.82, 2.24) is 0 Å². The van der Waals surface area contributed by atoms with Crippen LogP contribution in [0.1, 0.15) is 0 Å². The summed E-state index contributed by atoms with van der Waals surface area (Å²) in [6.07, 6.45) is 0. The molecule has 2 heteroatoms. The van der Waals surface area contributed by atoms with Crippen molar-refractivity contribution in [3.63, 3.8) is 0 Å². The Bertz CT molecular complexity index is 2220. The SMILES string of the molecule is c1ccc(-c2cccc(-c3ccc(N(c4cccc(-c5cc6ccccc6o5)c4)c4ccccc4-c4ccccc4)cc3)c2)cc1. The van der Waals surface area contributed by atoms with Gasteiger partial charge in [-0.15, -0.1) is 0 Å². The summed E-state index contributed by atoms with van der Waals surface area (Å²) in [6, 6.07) is 66.3. The van der Waals surface area contributed by atoms with E-state index in [1.165, 1.54) is 27.8 Å². The van der Waals surface area contributed by atoms with Gasteiger partial charge in [-0.05, 0) is 76.3 Å². The molecular weight excluding hydrogens is 558 g/mol. The van der Waals surface area contributed by atoms with Crippen molar-refractivity contribution in [2.75, 3.05) is 4.90 Å². The van der Waals surface area contributed by atoms with E-state index in [2.05, 4.69) is 175 Å². The fourth-order valence-corrected chi connectivity index (χ4v) is 6.19. The lowest BCUT2D eigenvalue weighted by Crippen LogP contribution is -2.11. The van der Waals surface area contributed by atoms with Crippen LogP contribution in [-0.4, -0.2) is 0 Å². The van der Waals surface area contributed by atoms with Gasteiger partial charge in [0.1, 0.15) is 11.3 Å². The molecule has 8 aromatic rings. The largest absolute Gasteiger partial charge is 0.456 e. The molecule has 7 aromatic carbocycles. The molecule has 46 heavy (non-hydrogen) atoms. The Labute approximate surface area is 269 Å². The van der Waals surface area contributed by atoms with Crippen LogP contribution in [0.15, 0.2) is 192 Å². The molecule has 0 atom stereocenters. The van der Waals surface area contributed by atoms with E-state index in [9.17, 15) is 0 Å². The average Bonchev–Trinajstić information content (AvgIpc) is 3.58. The van der Waals surface area contributed by atoms with E-state index < -0.39 is 0 Å². The van der Waals surface area contributed by atoms with Gasteiger partial charge in [0, 0.05) is 27.9 Å². The summed E-state index contributed by atoms with van der Waals surface area (Å²) >= 11 is 0. The van der Waals surface area contributed by atoms with Gasteiger partial charge in [0.05, 0.1) is 5.69 Å². The van der Waals surface area contributed by atoms with Crippen LogP contribution >= 0.6 is 0 Å². The smallest absolute Gasteiger partial charge is 0.135 e. The van der Waals surface area contributed by atoms with Gasteiger partial charge in [0.2, 0.25) is 0 Å². The van der Waals surface area contributed by atoms with E-state index in [1.807, 2.05) is 18.2 Å². The second-order valence-corrected chi connectivity index (χ2v) is 11.4. The van der Waals surface area contributed by atoms with E-state index in [4.69, 9.17) is 4.42 Å². The molecule has 0 aliphatic heterocycles. The van der Waals surface area contributed by atoms with Gasteiger partial charge in [-0.2, -0.15) is 0 Å². The van der Waals surface area contributed by atoms with Crippen molar-refractivity contribution < 1.29 is 4.42 Å². The maximum Gasteiger partial charge on any atom is 0.135 e. The maximum atomic E-state index is 6.28. The topological polar surface area (TPSA) is 16.4 Å². The van der Waals surface area contributed by atoms with Crippen LogP contribution in [-0.2, 0) is 0 Å². The standard InChI is InChI=1S/C44H31NO/c1-3-13-32(14-4-1)35-18-11-19-36(29-35)33-25-27-39(28-26-33)45(42-23-9-8-22-41(42)34-15-5-2-6-16-34)40-21-12-20-37(30-40)44-31-38-17-7-10-24-43(38)46-44/h1-31H. The van der Waals surface area contributed by atoms with E-state index >= 15 is 0 Å². The lowest BCUT2D eigenvalue weighted by molar-refractivity contribution is 0.631. The van der Waals surface area contributed by atoms with Crippen molar-refractivity contribution >= 4 is 28.0 Å². The fraction of sp³-hybridized carbons (Fsp3) is 0. The van der Waals surface area contributed by atoms with Crippen molar-refractivity contribution in [3.8, 4) is 44.7 Å². The molecule has 0 saturated heterocycles. The first-order valence-corrected chi connectivity index (χ1v) is 15.6. The molecule has 1 heterocycles. The summed E-state index contributed by atoms with van der Waals surface area (Å²) in [5, 5.41) is 1.10. The van der Waals surface area contributed by atoms with Crippen molar-refractivity contribution in [3.05, 3.63) is 188 Å². The Morgan fingerprint density at radius 2 is 0.935 bits per heavy atom. The summed E-state index contributed by atoms with van der Waals surface area (Å²) in [4.78, 5) is 2.35. The van der Waals surface area contributed by atoms with Crippen molar-refractivity contribution in [2.45, 2.75) is 0 Å². The first-order valence-electron chi connectivity index (χ1n) is 15.6. The van der Waals surface area contributed by atoms with E-state index in [0.29, 0.717) is 0 Å². The van der Waals surface area contributed by atoms with Gasteiger partial charge in [-0.25, -0.2) is 0 Å². The predicted molar refractivity (Wildman–Crippen MR) is 193 cm³/mol. The molecular formula is C44H31NO. The molecule has 0 aliphatic rings.